The van der Waals surface area contributed by atoms with Gasteiger partial charge in [-0.1, -0.05) is 18.2 Å². The number of hydrogen-bond donors (Lipinski definition) is 1. The molecule has 0 spiro atoms. The van der Waals surface area contributed by atoms with Crippen molar-refractivity contribution in [3.8, 4) is 0 Å². The number of para-hydroxylation sites is 1. The number of rotatable bonds is 3. The molecule has 36 heavy (non-hydrogen) atoms. The van der Waals surface area contributed by atoms with Gasteiger partial charge in [-0.25, -0.2) is 15.1 Å². The Balaban J connectivity index is 1.43. The van der Waals surface area contributed by atoms with E-state index in [-0.39, 0.29) is 11.7 Å². The number of nitrogens with zero attached hydrogens (tertiary/aromatic N) is 6. The van der Waals surface area contributed by atoms with E-state index in [4.69, 9.17) is 0 Å². The predicted molar refractivity (Wildman–Crippen MR) is 126 cm³/mol. The average molecular weight is 499 g/mol. The van der Waals surface area contributed by atoms with Crippen LogP contribution >= 0.6 is 0 Å². The normalized spacial score (nSPS) is 18.2. The number of aromatic amines is 1. The number of halogens is 3. The number of aromatic nitrogens is 4. The minimum Gasteiger partial charge on any atom is -0.337 e. The maximum absolute atomic E-state index is 13.7. The Bertz CT molecular complexity index is 1320. The van der Waals surface area contributed by atoms with Crippen molar-refractivity contribution in [1.29, 1.82) is 0 Å². The molecule has 0 saturated carbocycles. The predicted octanol–water partition coefficient (Wildman–Crippen LogP) is 2.69. The van der Waals surface area contributed by atoms with E-state index >= 15 is 0 Å². The molecule has 3 aromatic rings. The highest BCUT2D eigenvalue weighted by atomic mass is 19.4. The van der Waals surface area contributed by atoms with Gasteiger partial charge in [0.1, 0.15) is 11.6 Å². The third kappa shape index (κ3) is 4.50. The molecule has 2 aliphatic heterocycles. The molecule has 4 heterocycles. The Labute approximate surface area is 204 Å². The highest BCUT2D eigenvalue weighted by Crippen LogP contribution is 2.38. The van der Waals surface area contributed by atoms with Crippen molar-refractivity contribution in [2.75, 3.05) is 36.0 Å². The first kappa shape index (κ1) is 23.8. The molecule has 0 unspecified atom stereocenters. The van der Waals surface area contributed by atoms with E-state index in [2.05, 4.69) is 15.1 Å². The molecule has 1 fully saturated rings. The van der Waals surface area contributed by atoms with Crippen LogP contribution in [0.25, 0.3) is 0 Å². The van der Waals surface area contributed by atoms with E-state index in [0.29, 0.717) is 56.7 Å². The fourth-order valence-electron chi connectivity index (χ4n) is 4.68. The zero-order valence-electron chi connectivity index (χ0n) is 19.5. The average Bonchev–Trinajstić information content (AvgIpc) is 2.88. The fraction of sp³-hybridized carbons (Fsp3) is 0.375. The van der Waals surface area contributed by atoms with Gasteiger partial charge >= 0.3 is 6.18 Å². The highest BCUT2D eigenvalue weighted by Gasteiger charge is 2.39. The summed E-state index contributed by atoms with van der Waals surface area (Å²) in [4.78, 5) is 39.4. The third-order valence-corrected chi connectivity index (χ3v) is 6.52. The Morgan fingerprint density at radius 2 is 1.78 bits per heavy atom. The van der Waals surface area contributed by atoms with Gasteiger partial charge in [0.25, 0.3) is 5.56 Å². The maximum Gasteiger partial charge on any atom is 0.421 e. The summed E-state index contributed by atoms with van der Waals surface area (Å²) >= 11 is 0. The fourth-order valence-corrected chi connectivity index (χ4v) is 4.68. The van der Waals surface area contributed by atoms with Crippen molar-refractivity contribution in [2.24, 2.45) is 0 Å². The number of carbonyl (C=O) groups excluding carboxylic acids is 1. The summed E-state index contributed by atoms with van der Waals surface area (Å²) in [6.45, 7) is 3.83. The lowest BCUT2D eigenvalue weighted by Gasteiger charge is -2.41. The van der Waals surface area contributed by atoms with Gasteiger partial charge in [0.05, 0.1) is 0 Å². The van der Waals surface area contributed by atoms with E-state index in [0.717, 1.165) is 11.1 Å². The van der Waals surface area contributed by atoms with E-state index in [1.807, 2.05) is 29.1 Å². The highest BCUT2D eigenvalue weighted by molar-refractivity contribution is 5.89. The second-order valence-electron chi connectivity index (χ2n) is 8.89. The van der Waals surface area contributed by atoms with Gasteiger partial charge in [0.2, 0.25) is 11.9 Å². The molecule has 188 valence electrons. The standard InChI is InChI=1S/C24H24F3N7O2/c1-15-13-28-23(29-14-15)33-10-8-32(9-11-33)22(36)19-7-6-16-4-2-3-5-18(16)34(19)20-12-17(24(25,26)27)21(35)31-30-20/h2-5,12-14,19H,6-11H2,1H3,(H,31,35)/t19-/m0/s1. The van der Waals surface area contributed by atoms with Crippen LogP contribution in [0.15, 0.2) is 47.5 Å². The van der Waals surface area contributed by atoms with Crippen molar-refractivity contribution in [1.82, 2.24) is 25.1 Å². The molecule has 2 aromatic heterocycles. The largest absolute Gasteiger partial charge is 0.421 e. The molecular weight excluding hydrogens is 475 g/mol. The third-order valence-electron chi connectivity index (χ3n) is 6.52. The Morgan fingerprint density at radius 1 is 1.08 bits per heavy atom. The van der Waals surface area contributed by atoms with Crippen LogP contribution in [0, 0.1) is 6.92 Å². The zero-order chi connectivity index (χ0) is 25.4. The molecule has 5 rings (SSSR count). The molecule has 0 bridgehead atoms. The molecule has 1 N–H and O–H groups in total. The SMILES string of the molecule is Cc1cnc(N2CCN(C(=O)[C@@H]3CCc4ccccc4N3c3cc(C(F)(F)F)c(=O)[nH]n3)CC2)nc1. The van der Waals surface area contributed by atoms with Gasteiger partial charge < -0.3 is 14.7 Å². The Kier molecular flexibility index (Phi) is 6.10. The molecule has 1 aromatic carbocycles. The number of piperazine rings is 1. The van der Waals surface area contributed by atoms with Gasteiger partial charge in [-0.3, -0.25) is 9.59 Å². The van der Waals surface area contributed by atoms with E-state index in [9.17, 15) is 22.8 Å². The van der Waals surface area contributed by atoms with Crippen LogP contribution < -0.4 is 15.4 Å². The summed E-state index contributed by atoms with van der Waals surface area (Å²) in [7, 11) is 0. The molecule has 0 radical (unpaired) electrons. The first-order valence-corrected chi connectivity index (χ1v) is 11.6. The minimum absolute atomic E-state index is 0.126. The molecule has 0 aliphatic carbocycles. The van der Waals surface area contributed by atoms with E-state index < -0.39 is 23.3 Å². The molecular formula is C24H24F3N7O2. The number of hydrogen-bond acceptors (Lipinski definition) is 7. The zero-order valence-corrected chi connectivity index (χ0v) is 19.5. The summed E-state index contributed by atoms with van der Waals surface area (Å²) in [6.07, 6.45) is -0.378. The molecule has 1 amide bonds. The number of aryl methyl sites for hydroxylation is 2. The number of nitrogens with one attached hydrogen (secondary N) is 1. The van der Waals surface area contributed by atoms with Crippen LogP contribution in [0.2, 0.25) is 0 Å². The summed E-state index contributed by atoms with van der Waals surface area (Å²) in [6, 6.07) is 7.18. The second kappa shape index (κ2) is 9.25. The van der Waals surface area contributed by atoms with Gasteiger partial charge in [-0.15, -0.1) is 0 Å². The monoisotopic (exact) mass is 499 g/mol. The van der Waals surface area contributed by atoms with E-state index in [1.54, 1.807) is 29.4 Å². The number of fused-ring (bicyclic) bond motifs is 1. The Hall–Kier alpha value is -3.96. The molecule has 9 nitrogen and oxygen atoms in total. The van der Waals surface area contributed by atoms with Crippen molar-refractivity contribution >= 4 is 23.4 Å². The minimum atomic E-state index is -4.85. The van der Waals surface area contributed by atoms with Gasteiger partial charge in [0.15, 0.2) is 5.82 Å². The molecule has 1 atom stereocenters. The van der Waals surface area contributed by atoms with Crippen LogP contribution in [0.5, 0.6) is 0 Å². The van der Waals surface area contributed by atoms with Crippen LogP contribution in [0.4, 0.5) is 30.6 Å². The van der Waals surface area contributed by atoms with Crippen LogP contribution in [-0.4, -0.2) is 63.2 Å². The molecule has 12 heteroatoms. The number of carbonyl (C=O) groups is 1. The Morgan fingerprint density at radius 3 is 2.47 bits per heavy atom. The topological polar surface area (TPSA) is 98.3 Å². The van der Waals surface area contributed by atoms with Crippen LogP contribution in [-0.2, 0) is 17.4 Å². The summed E-state index contributed by atoms with van der Waals surface area (Å²) in [5.41, 5.74) is -0.233. The lowest BCUT2D eigenvalue weighted by molar-refractivity contribution is -0.138. The second-order valence-corrected chi connectivity index (χ2v) is 8.89. The summed E-state index contributed by atoms with van der Waals surface area (Å²) in [5, 5.41) is 5.86. The van der Waals surface area contributed by atoms with Crippen LogP contribution in [0.3, 0.4) is 0 Å². The van der Waals surface area contributed by atoms with Crippen molar-refractivity contribution < 1.29 is 18.0 Å². The van der Waals surface area contributed by atoms with Crippen molar-refractivity contribution in [3.63, 3.8) is 0 Å². The van der Waals surface area contributed by atoms with Gasteiger partial charge in [0, 0.05) is 50.3 Å². The lowest BCUT2D eigenvalue weighted by atomic mass is 9.94. The molecule has 1 saturated heterocycles. The number of amides is 1. The first-order chi connectivity index (χ1) is 17.2. The molecule has 2 aliphatic rings. The number of H-pyrrole nitrogens is 1. The van der Waals surface area contributed by atoms with Gasteiger partial charge in [-0.05, 0) is 37.0 Å². The number of alkyl halides is 3. The van der Waals surface area contributed by atoms with Crippen molar-refractivity contribution in [2.45, 2.75) is 32.0 Å². The number of anilines is 3. The first-order valence-electron chi connectivity index (χ1n) is 11.6. The van der Waals surface area contributed by atoms with E-state index in [1.165, 1.54) is 4.90 Å². The van der Waals surface area contributed by atoms with Gasteiger partial charge in [-0.2, -0.15) is 18.3 Å². The van der Waals surface area contributed by atoms with Crippen molar-refractivity contribution in [3.05, 3.63) is 69.8 Å². The van der Waals surface area contributed by atoms with Crippen LogP contribution in [0.1, 0.15) is 23.1 Å². The smallest absolute Gasteiger partial charge is 0.337 e. The summed E-state index contributed by atoms with van der Waals surface area (Å²) in [5.74, 6) is 0.271. The quantitative estimate of drug-likeness (QED) is 0.592. The number of benzene rings is 1. The lowest BCUT2D eigenvalue weighted by Crippen LogP contribution is -2.55. The maximum atomic E-state index is 13.7. The summed E-state index contributed by atoms with van der Waals surface area (Å²) < 4.78 is 40.4.